The van der Waals surface area contributed by atoms with Crippen LogP contribution >= 0.6 is 0 Å². The molecule has 1 aliphatic heterocycles. The zero-order chi connectivity index (χ0) is 19.9. The van der Waals surface area contributed by atoms with Crippen molar-refractivity contribution >= 4 is 17.7 Å². The van der Waals surface area contributed by atoms with E-state index in [0.717, 1.165) is 5.56 Å². The van der Waals surface area contributed by atoms with E-state index in [-0.39, 0.29) is 54.9 Å². The van der Waals surface area contributed by atoms with E-state index >= 15 is 0 Å². The molecule has 1 fully saturated rings. The molecule has 3 rings (SSSR count). The number of carbonyl (C=O) groups excluding carboxylic acids is 3. The van der Waals surface area contributed by atoms with Gasteiger partial charge in [0.05, 0.1) is 18.2 Å². The average molecular weight is 381 g/mol. The number of aromatic nitrogens is 2. The van der Waals surface area contributed by atoms with Crippen molar-refractivity contribution in [2.45, 2.75) is 19.4 Å². The van der Waals surface area contributed by atoms with Gasteiger partial charge in [-0.25, -0.2) is 4.98 Å². The zero-order valence-corrected chi connectivity index (χ0v) is 15.7. The van der Waals surface area contributed by atoms with E-state index in [4.69, 9.17) is 0 Å². The van der Waals surface area contributed by atoms with E-state index in [1.54, 1.807) is 4.90 Å². The van der Waals surface area contributed by atoms with Crippen molar-refractivity contribution in [3.63, 3.8) is 0 Å². The number of hydrogen-bond donors (Lipinski definition) is 2. The lowest BCUT2D eigenvalue weighted by Crippen LogP contribution is -2.38. The van der Waals surface area contributed by atoms with Crippen molar-refractivity contribution in [1.82, 2.24) is 25.5 Å². The molecule has 2 N–H and O–H groups in total. The SMILES string of the molecule is CC(c1ccccc1)N1CC(C(=O)NCCNC(=O)c2cnccn2)CC1=O. The number of benzene rings is 1. The van der Waals surface area contributed by atoms with Gasteiger partial charge in [0, 0.05) is 38.4 Å². The molecule has 2 atom stereocenters. The third-order valence-electron chi connectivity index (χ3n) is 4.78. The van der Waals surface area contributed by atoms with Gasteiger partial charge in [-0.2, -0.15) is 0 Å². The predicted octanol–water partition coefficient (Wildman–Crippen LogP) is 0.932. The minimum atomic E-state index is -0.380. The molecule has 1 aliphatic rings. The normalized spacial score (nSPS) is 17.2. The van der Waals surface area contributed by atoms with Gasteiger partial charge in [-0.3, -0.25) is 19.4 Å². The van der Waals surface area contributed by atoms with Crippen LogP contribution in [0.5, 0.6) is 0 Å². The molecule has 146 valence electrons. The van der Waals surface area contributed by atoms with Crippen LogP contribution in [0.2, 0.25) is 0 Å². The number of likely N-dealkylation sites (tertiary alicyclic amines) is 1. The van der Waals surface area contributed by atoms with Gasteiger partial charge in [0.15, 0.2) is 0 Å². The van der Waals surface area contributed by atoms with Crippen molar-refractivity contribution in [2.75, 3.05) is 19.6 Å². The molecule has 8 nitrogen and oxygen atoms in total. The van der Waals surface area contributed by atoms with Crippen LogP contribution in [-0.2, 0) is 9.59 Å². The van der Waals surface area contributed by atoms with Gasteiger partial charge in [0.2, 0.25) is 11.8 Å². The van der Waals surface area contributed by atoms with Crippen LogP contribution in [0, 0.1) is 5.92 Å². The summed E-state index contributed by atoms with van der Waals surface area (Å²) in [6.45, 7) is 2.91. The molecule has 8 heteroatoms. The highest BCUT2D eigenvalue weighted by Gasteiger charge is 2.36. The van der Waals surface area contributed by atoms with Gasteiger partial charge >= 0.3 is 0 Å². The van der Waals surface area contributed by atoms with Crippen LogP contribution < -0.4 is 10.6 Å². The Labute approximate surface area is 163 Å². The molecule has 1 aromatic heterocycles. The minimum Gasteiger partial charge on any atom is -0.354 e. The standard InChI is InChI=1S/C20H23N5O3/c1-14(15-5-3-2-4-6-15)25-13-16(11-18(25)26)19(27)23-9-10-24-20(28)17-12-21-7-8-22-17/h2-8,12,14,16H,9-11,13H2,1H3,(H,23,27)(H,24,28). The molecule has 3 amide bonds. The third kappa shape index (κ3) is 4.70. The monoisotopic (exact) mass is 381 g/mol. The van der Waals surface area contributed by atoms with Crippen molar-refractivity contribution in [3.8, 4) is 0 Å². The summed E-state index contributed by atoms with van der Waals surface area (Å²) < 4.78 is 0. The van der Waals surface area contributed by atoms with Gasteiger partial charge in [-0.1, -0.05) is 30.3 Å². The molecule has 0 radical (unpaired) electrons. The Morgan fingerprint density at radius 1 is 1.18 bits per heavy atom. The van der Waals surface area contributed by atoms with Crippen LogP contribution in [0.4, 0.5) is 0 Å². The highest BCUT2D eigenvalue weighted by atomic mass is 16.2. The van der Waals surface area contributed by atoms with Crippen molar-refractivity contribution in [3.05, 3.63) is 60.2 Å². The van der Waals surface area contributed by atoms with E-state index in [1.807, 2.05) is 37.3 Å². The molecular formula is C20H23N5O3. The summed E-state index contributed by atoms with van der Waals surface area (Å²) in [6.07, 6.45) is 4.51. The second-order valence-corrected chi connectivity index (χ2v) is 6.67. The Hall–Kier alpha value is -3.29. The van der Waals surface area contributed by atoms with Crippen molar-refractivity contribution < 1.29 is 14.4 Å². The van der Waals surface area contributed by atoms with Crippen LogP contribution in [0.1, 0.15) is 35.4 Å². The Kier molecular flexibility index (Phi) is 6.31. The molecule has 1 saturated heterocycles. The highest BCUT2D eigenvalue weighted by Crippen LogP contribution is 2.28. The number of nitrogens with zero attached hydrogens (tertiary/aromatic N) is 3. The first-order valence-corrected chi connectivity index (χ1v) is 9.22. The lowest BCUT2D eigenvalue weighted by atomic mass is 10.1. The van der Waals surface area contributed by atoms with E-state index in [1.165, 1.54) is 18.6 Å². The number of hydrogen-bond acceptors (Lipinski definition) is 5. The minimum absolute atomic E-state index is 0.0209. The zero-order valence-electron chi connectivity index (χ0n) is 15.7. The maximum Gasteiger partial charge on any atom is 0.271 e. The van der Waals surface area contributed by atoms with Gasteiger partial charge in [-0.15, -0.1) is 0 Å². The van der Waals surface area contributed by atoms with Crippen LogP contribution in [0.3, 0.4) is 0 Å². The summed E-state index contributed by atoms with van der Waals surface area (Å²) in [4.78, 5) is 46.1. The maximum atomic E-state index is 12.4. The van der Waals surface area contributed by atoms with E-state index in [2.05, 4.69) is 20.6 Å². The maximum absolute atomic E-state index is 12.4. The van der Waals surface area contributed by atoms with Gasteiger partial charge < -0.3 is 15.5 Å². The largest absolute Gasteiger partial charge is 0.354 e. The first kappa shape index (κ1) is 19.5. The molecular weight excluding hydrogens is 358 g/mol. The summed E-state index contributed by atoms with van der Waals surface area (Å²) in [5, 5.41) is 5.45. The lowest BCUT2D eigenvalue weighted by Gasteiger charge is -2.25. The summed E-state index contributed by atoms with van der Waals surface area (Å²) in [5.74, 6) is -0.923. The van der Waals surface area contributed by atoms with E-state index in [9.17, 15) is 14.4 Å². The average Bonchev–Trinajstić information content (AvgIpc) is 3.13. The quantitative estimate of drug-likeness (QED) is 0.695. The fraction of sp³-hybridized carbons (Fsp3) is 0.350. The number of nitrogens with one attached hydrogen (secondary N) is 2. The third-order valence-corrected chi connectivity index (χ3v) is 4.78. The lowest BCUT2D eigenvalue weighted by molar-refractivity contribution is -0.130. The fourth-order valence-corrected chi connectivity index (χ4v) is 3.21. The molecule has 0 saturated carbocycles. The van der Waals surface area contributed by atoms with Crippen LogP contribution in [-0.4, -0.2) is 52.2 Å². The Bertz CT molecular complexity index is 828. The predicted molar refractivity (Wildman–Crippen MR) is 102 cm³/mol. The van der Waals surface area contributed by atoms with Crippen molar-refractivity contribution in [1.29, 1.82) is 0 Å². The molecule has 0 aliphatic carbocycles. The Morgan fingerprint density at radius 2 is 1.93 bits per heavy atom. The van der Waals surface area contributed by atoms with E-state index < -0.39 is 0 Å². The van der Waals surface area contributed by atoms with Crippen molar-refractivity contribution in [2.24, 2.45) is 5.92 Å². The van der Waals surface area contributed by atoms with Gasteiger partial charge in [0.1, 0.15) is 5.69 Å². The summed E-state index contributed by atoms with van der Waals surface area (Å²) >= 11 is 0. The first-order chi connectivity index (χ1) is 13.6. The summed E-state index contributed by atoms with van der Waals surface area (Å²) in [7, 11) is 0. The summed E-state index contributed by atoms with van der Waals surface area (Å²) in [6, 6.07) is 9.69. The molecule has 0 bridgehead atoms. The molecule has 1 aromatic carbocycles. The smallest absolute Gasteiger partial charge is 0.271 e. The van der Waals surface area contributed by atoms with E-state index in [0.29, 0.717) is 6.54 Å². The topological polar surface area (TPSA) is 104 Å². The second kappa shape index (κ2) is 9.07. The first-order valence-electron chi connectivity index (χ1n) is 9.22. The Morgan fingerprint density at radius 3 is 2.64 bits per heavy atom. The van der Waals surface area contributed by atoms with Gasteiger partial charge in [-0.05, 0) is 12.5 Å². The van der Waals surface area contributed by atoms with Crippen LogP contribution in [0.25, 0.3) is 0 Å². The van der Waals surface area contributed by atoms with Gasteiger partial charge in [0.25, 0.3) is 5.91 Å². The molecule has 2 aromatic rings. The highest BCUT2D eigenvalue weighted by molar-refractivity contribution is 5.92. The molecule has 28 heavy (non-hydrogen) atoms. The Balaban J connectivity index is 1.44. The molecule has 0 spiro atoms. The molecule has 2 unspecified atom stereocenters. The number of carbonyl (C=O) groups is 3. The fourth-order valence-electron chi connectivity index (χ4n) is 3.21. The second-order valence-electron chi connectivity index (χ2n) is 6.67. The number of rotatable bonds is 7. The van der Waals surface area contributed by atoms with Crippen LogP contribution in [0.15, 0.2) is 48.9 Å². The summed E-state index contributed by atoms with van der Waals surface area (Å²) in [5.41, 5.74) is 1.27. The molecule has 2 heterocycles. The number of amides is 3.